The van der Waals surface area contributed by atoms with Gasteiger partial charge in [-0.3, -0.25) is 18.5 Å². The second-order valence-electron chi connectivity index (χ2n) is 6.26. The third-order valence-electron chi connectivity index (χ3n) is 4.16. The molecule has 9 heteroatoms. The zero-order chi connectivity index (χ0) is 19.0. The first kappa shape index (κ1) is 17.9. The Hall–Kier alpha value is -2.94. The summed E-state index contributed by atoms with van der Waals surface area (Å²) in [5, 5.41) is 12.5. The van der Waals surface area contributed by atoms with Crippen LogP contribution in [-0.4, -0.2) is 36.4 Å². The Bertz CT molecular complexity index is 1060. The van der Waals surface area contributed by atoms with Gasteiger partial charge in [0.05, 0.1) is 12.6 Å². The average molecular weight is 361 g/mol. The highest BCUT2D eigenvalue weighted by Gasteiger charge is 2.19. The minimum absolute atomic E-state index is 0.223. The molecule has 2 N–H and O–H groups in total. The van der Waals surface area contributed by atoms with Crippen LogP contribution >= 0.6 is 0 Å². The third-order valence-corrected chi connectivity index (χ3v) is 4.16. The Balaban J connectivity index is 2.22. The molecule has 0 aliphatic carbocycles. The van der Waals surface area contributed by atoms with Crippen molar-refractivity contribution in [2.75, 3.05) is 11.9 Å². The van der Waals surface area contributed by atoms with Crippen LogP contribution in [-0.2, 0) is 20.6 Å². The van der Waals surface area contributed by atoms with E-state index in [0.29, 0.717) is 5.95 Å². The third kappa shape index (κ3) is 3.13. The molecule has 2 heterocycles. The average Bonchev–Trinajstić information content (AvgIpc) is 2.96. The van der Waals surface area contributed by atoms with Gasteiger partial charge in [-0.25, -0.2) is 9.18 Å². The van der Waals surface area contributed by atoms with Crippen molar-refractivity contribution in [2.45, 2.75) is 19.6 Å². The number of anilines is 1. The molecule has 0 saturated heterocycles. The Morgan fingerprint density at radius 1 is 1.19 bits per heavy atom. The van der Waals surface area contributed by atoms with E-state index in [1.54, 1.807) is 23.6 Å². The van der Waals surface area contributed by atoms with Gasteiger partial charge in [-0.05, 0) is 24.6 Å². The normalized spacial score (nSPS) is 12.5. The Morgan fingerprint density at radius 3 is 2.46 bits per heavy atom. The number of benzene rings is 1. The molecule has 1 atom stereocenters. The maximum Gasteiger partial charge on any atom is 0.332 e. The van der Waals surface area contributed by atoms with Crippen molar-refractivity contribution in [3.63, 3.8) is 0 Å². The first-order valence-electron chi connectivity index (χ1n) is 8.12. The highest BCUT2D eigenvalue weighted by atomic mass is 19.1. The molecular weight excluding hydrogens is 341 g/mol. The first-order valence-corrected chi connectivity index (χ1v) is 8.12. The number of nitrogens with one attached hydrogen (secondary N) is 1. The first-order chi connectivity index (χ1) is 12.3. The van der Waals surface area contributed by atoms with E-state index in [9.17, 15) is 19.1 Å². The van der Waals surface area contributed by atoms with Gasteiger partial charge in [-0.1, -0.05) is 12.1 Å². The van der Waals surface area contributed by atoms with Crippen molar-refractivity contribution in [1.29, 1.82) is 0 Å². The van der Waals surface area contributed by atoms with Crippen LogP contribution in [0.2, 0.25) is 0 Å². The van der Waals surface area contributed by atoms with Crippen molar-refractivity contribution in [1.82, 2.24) is 18.7 Å². The SMILES string of the molecule is CC(O)CNc1nc2c(c(=O)n(C)c(=O)n2C)n1Cc1ccc(F)cc1. The number of nitrogens with zero attached hydrogens (tertiary/aromatic N) is 4. The van der Waals surface area contributed by atoms with Crippen molar-refractivity contribution >= 4 is 17.1 Å². The van der Waals surface area contributed by atoms with E-state index in [1.807, 2.05) is 0 Å². The largest absolute Gasteiger partial charge is 0.392 e. The Labute approximate surface area is 148 Å². The lowest BCUT2D eigenvalue weighted by Crippen LogP contribution is -2.37. The van der Waals surface area contributed by atoms with Crippen LogP contribution in [0.25, 0.3) is 11.2 Å². The lowest BCUT2D eigenvalue weighted by atomic mass is 10.2. The number of aryl methyl sites for hydroxylation is 1. The molecule has 1 unspecified atom stereocenters. The van der Waals surface area contributed by atoms with Crippen molar-refractivity contribution in [3.05, 3.63) is 56.5 Å². The van der Waals surface area contributed by atoms with Crippen LogP contribution < -0.4 is 16.6 Å². The molecule has 0 bridgehead atoms. The number of halogens is 1. The minimum Gasteiger partial charge on any atom is -0.392 e. The smallest absolute Gasteiger partial charge is 0.332 e. The molecule has 26 heavy (non-hydrogen) atoms. The maximum atomic E-state index is 13.2. The summed E-state index contributed by atoms with van der Waals surface area (Å²) in [6.45, 7) is 2.10. The standard InChI is InChI=1S/C17H20FN5O3/c1-10(24)8-19-16-20-14-13(15(25)22(3)17(26)21(14)2)23(16)9-11-4-6-12(18)7-5-11/h4-7,10,24H,8-9H2,1-3H3,(H,19,20). The fourth-order valence-electron chi connectivity index (χ4n) is 2.75. The van der Waals surface area contributed by atoms with Crippen LogP contribution in [0.3, 0.4) is 0 Å². The van der Waals surface area contributed by atoms with Crippen LogP contribution in [0, 0.1) is 5.82 Å². The van der Waals surface area contributed by atoms with E-state index in [1.165, 1.54) is 30.8 Å². The van der Waals surface area contributed by atoms with Crippen molar-refractivity contribution in [3.8, 4) is 0 Å². The highest BCUT2D eigenvalue weighted by molar-refractivity contribution is 5.74. The maximum absolute atomic E-state index is 13.2. The fraction of sp³-hybridized carbons (Fsp3) is 0.353. The lowest BCUT2D eigenvalue weighted by Gasteiger charge is -2.12. The van der Waals surface area contributed by atoms with Gasteiger partial charge in [0.2, 0.25) is 5.95 Å². The van der Waals surface area contributed by atoms with E-state index in [-0.39, 0.29) is 30.1 Å². The number of aromatic nitrogens is 4. The van der Waals surface area contributed by atoms with Crippen LogP contribution in [0.5, 0.6) is 0 Å². The van der Waals surface area contributed by atoms with Crippen LogP contribution in [0.4, 0.5) is 10.3 Å². The quantitative estimate of drug-likeness (QED) is 0.687. The summed E-state index contributed by atoms with van der Waals surface area (Å²) in [6.07, 6.45) is -0.624. The minimum atomic E-state index is -0.624. The fourth-order valence-corrected chi connectivity index (χ4v) is 2.75. The summed E-state index contributed by atoms with van der Waals surface area (Å²) in [4.78, 5) is 29.2. The number of aliphatic hydroxyl groups is 1. The molecule has 0 aliphatic rings. The topological polar surface area (TPSA) is 94.1 Å². The zero-order valence-corrected chi connectivity index (χ0v) is 14.7. The second-order valence-corrected chi connectivity index (χ2v) is 6.26. The summed E-state index contributed by atoms with van der Waals surface area (Å²) < 4.78 is 17.1. The van der Waals surface area contributed by atoms with Gasteiger partial charge in [0.25, 0.3) is 5.56 Å². The number of rotatable bonds is 5. The second kappa shape index (κ2) is 6.75. The van der Waals surface area contributed by atoms with Gasteiger partial charge >= 0.3 is 5.69 Å². The van der Waals surface area contributed by atoms with E-state index in [0.717, 1.165) is 10.1 Å². The summed E-state index contributed by atoms with van der Waals surface area (Å²) in [6, 6.07) is 5.91. The van der Waals surface area contributed by atoms with Crippen LogP contribution in [0.1, 0.15) is 12.5 Å². The lowest BCUT2D eigenvalue weighted by molar-refractivity contribution is 0.208. The number of hydrogen-bond donors (Lipinski definition) is 2. The summed E-state index contributed by atoms with van der Waals surface area (Å²) in [5.74, 6) is -0.00136. The molecule has 0 amide bonds. The molecule has 3 aromatic rings. The van der Waals surface area contributed by atoms with E-state index < -0.39 is 17.4 Å². The molecule has 3 rings (SSSR count). The Kier molecular flexibility index (Phi) is 4.64. The molecular formula is C17H20FN5O3. The van der Waals surface area contributed by atoms with Crippen molar-refractivity contribution in [2.24, 2.45) is 14.1 Å². The zero-order valence-electron chi connectivity index (χ0n) is 14.7. The summed E-state index contributed by atoms with van der Waals surface area (Å²) in [7, 11) is 2.94. The highest BCUT2D eigenvalue weighted by Crippen LogP contribution is 2.18. The number of hydrogen-bond acceptors (Lipinski definition) is 5. The molecule has 138 valence electrons. The van der Waals surface area contributed by atoms with Crippen molar-refractivity contribution < 1.29 is 9.50 Å². The molecule has 0 fully saturated rings. The van der Waals surface area contributed by atoms with Gasteiger partial charge in [-0.15, -0.1) is 0 Å². The molecule has 0 saturated carbocycles. The Morgan fingerprint density at radius 2 is 1.85 bits per heavy atom. The van der Waals surface area contributed by atoms with E-state index in [2.05, 4.69) is 10.3 Å². The molecule has 0 radical (unpaired) electrons. The monoisotopic (exact) mass is 361 g/mol. The predicted molar refractivity (Wildman–Crippen MR) is 95.9 cm³/mol. The van der Waals surface area contributed by atoms with Gasteiger partial charge in [-0.2, -0.15) is 4.98 Å². The number of fused-ring (bicyclic) bond motifs is 1. The van der Waals surface area contributed by atoms with Gasteiger partial charge < -0.3 is 10.4 Å². The van der Waals surface area contributed by atoms with Crippen LogP contribution in [0.15, 0.2) is 33.9 Å². The molecule has 0 aliphatic heterocycles. The van der Waals surface area contributed by atoms with E-state index in [4.69, 9.17) is 0 Å². The summed E-state index contributed by atoms with van der Waals surface area (Å²) in [5.41, 5.74) is 0.320. The molecule has 8 nitrogen and oxygen atoms in total. The van der Waals surface area contributed by atoms with Gasteiger partial charge in [0.15, 0.2) is 11.2 Å². The predicted octanol–water partition coefficient (Wildman–Crippen LogP) is 0.414. The molecule has 0 spiro atoms. The number of aliphatic hydroxyl groups excluding tert-OH is 1. The summed E-state index contributed by atoms with van der Waals surface area (Å²) >= 11 is 0. The van der Waals surface area contributed by atoms with E-state index >= 15 is 0 Å². The number of imidazole rings is 1. The van der Waals surface area contributed by atoms with Gasteiger partial charge in [0, 0.05) is 20.6 Å². The molecule has 1 aromatic carbocycles. The van der Waals surface area contributed by atoms with Gasteiger partial charge in [0.1, 0.15) is 5.82 Å². The molecule has 2 aromatic heterocycles.